The van der Waals surface area contributed by atoms with Crippen molar-refractivity contribution < 1.29 is 14.7 Å². The first kappa shape index (κ1) is 15.6. The van der Waals surface area contributed by atoms with E-state index in [1.807, 2.05) is 0 Å². The predicted octanol–water partition coefficient (Wildman–Crippen LogP) is 2.62. The molecule has 0 radical (unpaired) electrons. The normalized spacial score (nSPS) is 9.60. The van der Waals surface area contributed by atoms with E-state index in [0.717, 1.165) is 12.8 Å². The Morgan fingerprint density at radius 1 is 1.35 bits per heavy atom. The molecule has 1 aromatic carbocycles. The lowest BCUT2D eigenvalue weighted by molar-refractivity contribution is 0.0696. The zero-order valence-corrected chi connectivity index (χ0v) is 11.4. The van der Waals surface area contributed by atoms with Gasteiger partial charge in [0, 0.05) is 18.7 Å². The monoisotopic (exact) mass is 274 g/mol. The van der Waals surface area contributed by atoms with E-state index < -0.39 is 5.97 Å². The summed E-state index contributed by atoms with van der Waals surface area (Å²) in [6.45, 7) is 2.24. The quantitative estimate of drug-likeness (QED) is 0.551. The third-order valence-corrected chi connectivity index (χ3v) is 2.75. The number of urea groups is 1. The highest BCUT2D eigenvalue weighted by Gasteiger charge is 2.08. The van der Waals surface area contributed by atoms with Crippen molar-refractivity contribution >= 4 is 17.7 Å². The molecule has 0 atom stereocenters. The summed E-state index contributed by atoms with van der Waals surface area (Å²) < 4.78 is 0. The molecular formula is C15H18N2O3. The van der Waals surface area contributed by atoms with Crippen LogP contribution in [0.1, 0.15) is 35.2 Å². The second-order valence-electron chi connectivity index (χ2n) is 4.38. The first-order valence-electron chi connectivity index (χ1n) is 6.37. The fraction of sp³-hybridized carbons (Fsp3) is 0.333. The Bertz CT molecular complexity index is 532. The number of carbonyl (C=O) groups excluding carboxylic acids is 1. The molecule has 1 rings (SSSR count). The van der Waals surface area contributed by atoms with E-state index in [-0.39, 0.29) is 11.6 Å². The zero-order chi connectivity index (χ0) is 15.0. The summed E-state index contributed by atoms with van der Waals surface area (Å²) in [6.07, 6.45) is 7.54. The number of amides is 2. The summed E-state index contributed by atoms with van der Waals surface area (Å²) in [5.74, 6) is 1.56. The van der Waals surface area contributed by atoms with Crippen molar-refractivity contribution in [1.82, 2.24) is 5.32 Å². The Balaban J connectivity index is 2.44. The van der Waals surface area contributed by atoms with Crippen LogP contribution in [0.3, 0.4) is 0 Å². The van der Waals surface area contributed by atoms with Crippen LogP contribution in [0.2, 0.25) is 0 Å². The van der Waals surface area contributed by atoms with E-state index in [1.54, 1.807) is 19.1 Å². The minimum Gasteiger partial charge on any atom is -0.478 e. The van der Waals surface area contributed by atoms with E-state index in [2.05, 4.69) is 16.6 Å². The van der Waals surface area contributed by atoms with Crippen LogP contribution in [0.15, 0.2) is 18.2 Å². The molecule has 0 saturated heterocycles. The third kappa shape index (κ3) is 5.02. The predicted molar refractivity (Wildman–Crippen MR) is 77.8 cm³/mol. The summed E-state index contributed by atoms with van der Waals surface area (Å²) >= 11 is 0. The molecule has 0 fully saturated rings. The maximum atomic E-state index is 11.6. The average molecular weight is 274 g/mol. The van der Waals surface area contributed by atoms with Gasteiger partial charge in [0.05, 0.1) is 5.56 Å². The lowest BCUT2D eigenvalue weighted by atomic mass is 10.1. The standard InChI is InChI=1S/C15H18N2O3/c1-3-4-5-6-9-16-15(20)17-12-7-8-13(14(18)19)11(2)10-12/h1,7-8,10H,4-6,9H2,2H3,(H,18,19)(H2,16,17,20). The second-order valence-corrected chi connectivity index (χ2v) is 4.38. The fourth-order valence-electron chi connectivity index (χ4n) is 1.71. The summed E-state index contributed by atoms with van der Waals surface area (Å²) in [6, 6.07) is 4.35. The molecule has 2 amide bonds. The van der Waals surface area contributed by atoms with E-state index in [9.17, 15) is 9.59 Å². The Hall–Kier alpha value is -2.48. The molecule has 0 saturated carbocycles. The number of aryl methyl sites for hydroxylation is 1. The number of rotatable bonds is 6. The minimum atomic E-state index is -0.980. The molecule has 0 aliphatic rings. The summed E-state index contributed by atoms with van der Waals surface area (Å²) in [4.78, 5) is 22.5. The lowest BCUT2D eigenvalue weighted by Crippen LogP contribution is -2.29. The number of aromatic carboxylic acids is 1. The van der Waals surface area contributed by atoms with Gasteiger partial charge in [0.1, 0.15) is 0 Å². The number of carboxylic acid groups (broad SMARTS) is 1. The number of terminal acetylenes is 1. The number of hydrogen-bond donors (Lipinski definition) is 3. The van der Waals surface area contributed by atoms with Crippen LogP contribution >= 0.6 is 0 Å². The molecule has 0 aromatic heterocycles. The first-order chi connectivity index (χ1) is 9.54. The smallest absolute Gasteiger partial charge is 0.335 e. The number of benzene rings is 1. The van der Waals surface area contributed by atoms with Gasteiger partial charge in [0.15, 0.2) is 0 Å². The third-order valence-electron chi connectivity index (χ3n) is 2.75. The summed E-state index contributed by atoms with van der Waals surface area (Å²) in [5.41, 5.74) is 1.39. The Morgan fingerprint density at radius 2 is 2.10 bits per heavy atom. The average Bonchev–Trinajstić information content (AvgIpc) is 2.38. The second kappa shape index (κ2) is 7.85. The highest BCUT2D eigenvalue weighted by molar-refractivity contribution is 5.92. The van der Waals surface area contributed by atoms with E-state index >= 15 is 0 Å². The van der Waals surface area contributed by atoms with Crippen molar-refractivity contribution in [3.05, 3.63) is 29.3 Å². The molecule has 3 N–H and O–H groups in total. The fourth-order valence-corrected chi connectivity index (χ4v) is 1.71. The van der Waals surface area contributed by atoms with Gasteiger partial charge in [0.25, 0.3) is 0 Å². The molecule has 0 heterocycles. The van der Waals surface area contributed by atoms with Crippen LogP contribution in [0, 0.1) is 19.3 Å². The molecule has 1 aromatic rings. The van der Waals surface area contributed by atoms with Crippen LogP contribution in [-0.2, 0) is 0 Å². The molecule has 106 valence electrons. The van der Waals surface area contributed by atoms with Gasteiger partial charge in [-0.05, 0) is 43.5 Å². The highest BCUT2D eigenvalue weighted by atomic mass is 16.4. The van der Waals surface area contributed by atoms with Crippen molar-refractivity contribution in [3.8, 4) is 12.3 Å². The molecule has 5 nitrogen and oxygen atoms in total. The van der Waals surface area contributed by atoms with Crippen molar-refractivity contribution in [2.75, 3.05) is 11.9 Å². The minimum absolute atomic E-state index is 0.227. The van der Waals surface area contributed by atoms with Gasteiger partial charge in [0.2, 0.25) is 0 Å². The first-order valence-corrected chi connectivity index (χ1v) is 6.37. The number of nitrogens with one attached hydrogen (secondary N) is 2. The van der Waals surface area contributed by atoms with Crippen molar-refractivity contribution in [3.63, 3.8) is 0 Å². The summed E-state index contributed by atoms with van der Waals surface area (Å²) in [7, 11) is 0. The van der Waals surface area contributed by atoms with Crippen molar-refractivity contribution in [2.24, 2.45) is 0 Å². The Kier molecular flexibility index (Phi) is 6.11. The van der Waals surface area contributed by atoms with Gasteiger partial charge < -0.3 is 15.7 Å². The maximum Gasteiger partial charge on any atom is 0.335 e. The molecule has 0 bridgehead atoms. The van der Waals surface area contributed by atoms with E-state index in [0.29, 0.717) is 24.2 Å². The number of unbranched alkanes of at least 4 members (excludes halogenated alkanes) is 2. The van der Waals surface area contributed by atoms with Gasteiger partial charge in [-0.2, -0.15) is 0 Å². The van der Waals surface area contributed by atoms with Crippen LogP contribution in [0.4, 0.5) is 10.5 Å². The lowest BCUT2D eigenvalue weighted by Gasteiger charge is -2.09. The van der Waals surface area contributed by atoms with Crippen molar-refractivity contribution in [2.45, 2.75) is 26.2 Å². The molecule has 5 heteroatoms. The maximum absolute atomic E-state index is 11.6. The molecule has 0 unspecified atom stereocenters. The van der Waals surface area contributed by atoms with Gasteiger partial charge in [-0.25, -0.2) is 9.59 Å². The highest BCUT2D eigenvalue weighted by Crippen LogP contribution is 2.15. The van der Waals surface area contributed by atoms with Gasteiger partial charge in [-0.3, -0.25) is 0 Å². The molecule has 0 aliphatic carbocycles. The molecular weight excluding hydrogens is 256 g/mol. The van der Waals surface area contributed by atoms with E-state index in [1.165, 1.54) is 6.07 Å². The van der Waals surface area contributed by atoms with Crippen LogP contribution < -0.4 is 10.6 Å². The van der Waals surface area contributed by atoms with Crippen molar-refractivity contribution in [1.29, 1.82) is 0 Å². The van der Waals surface area contributed by atoms with Crippen LogP contribution in [-0.4, -0.2) is 23.7 Å². The number of carbonyl (C=O) groups is 2. The Labute approximate surface area is 118 Å². The van der Waals surface area contributed by atoms with Crippen LogP contribution in [0.25, 0.3) is 0 Å². The molecule has 20 heavy (non-hydrogen) atoms. The van der Waals surface area contributed by atoms with E-state index in [4.69, 9.17) is 11.5 Å². The van der Waals surface area contributed by atoms with Gasteiger partial charge in [-0.15, -0.1) is 12.3 Å². The van der Waals surface area contributed by atoms with Crippen LogP contribution in [0.5, 0.6) is 0 Å². The SMILES string of the molecule is C#CCCCCNC(=O)Nc1ccc(C(=O)O)c(C)c1. The topological polar surface area (TPSA) is 78.4 Å². The van der Waals surface area contributed by atoms with Gasteiger partial charge in [-0.1, -0.05) is 0 Å². The largest absolute Gasteiger partial charge is 0.478 e. The van der Waals surface area contributed by atoms with Gasteiger partial charge >= 0.3 is 12.0 Å². The summed E-state index contributed by atoms with van der Waals surface area (Å²) in [5, 5.41) is 14.3. The molecule has 0 spiro atoms. The number of anilines is 1. The number of carboxylic acids is 1. The zero-order valence-electron chi connectivity index (χ0n) is 11.4. The molecule has 0 aliphatic heterocycles. The Morgan fingerprint density at radius 3 is 2.70 bits per heavy atom. The number of hydrogen-bond acceptors (Lipinski definition) is 2.